The first-order valence-corrected chi connectivity index (χ1v) is 6.70. The molecule has 1 aromatic carbocycles. The third kappa shape index (κ3) is 4.23. The van der Waals surface area contributed by atoms with Crippen LogP contribution in [0.3, 0.4) is 0 Å². The summed E-state index contributed by atoms with van der Waals surface area (Å²) in [5, 5.41) is 3.41. The van der Waals surface area contributed by atoms with Crippen molar-refractivity contribution in [2.24, 2.45) is 5.92 Å². The Bertz CT molecular complexity index is 368. The molecule has 19 heavy (non-hydrogen) atoms. The van der Waals surface area contributed by atoms with E-state index in [2.05, 4.69) is 19.2 Å². The maximum atomic E-state index is 5.33. The fraction of sp³-hybridized carbons (Fsp3) is 0.600. The smallest absolute Gasteiger partial charge is 0.203 e. The first-order valence-electron chi connectivity index (χ1n) is 6.70. The van der Waals surface area contributed by atoms with E-state index in [1.165, 1.54) is 12.8 Å². The van der Waals surface area contributed by atoms with Crippen molar-refractivity contribution in [3.63, 3.8) is 0 Å². The topological polar surface area (TPSA) is 39.7 Å². The Balaban J connectivity index is 2.84. The average molecular weight is 267 g/mol. The van der Waals surface area contributed by atoms with Crippen molar-refractivity contribution < 1.29 is 14.2 Å². The molecule has 0 heterocycles. The van der Waals surface area contributed by atoms with Crippen molar-refractivity contribution in [3.05, 3.63) is 12.1 Å². The summed E-state index contributed by atoms with van der Waals surface area (Å²) < 4.78 is 16.0. The van der Waals surface area contributed by atoms with E-state index in [-0.39, 0.29) is 0 Å². The highest BCUT2D eigenvalue weighted by Gasteiger charge is 2.13. The van der Waals surface area contributed by atoms with Crippen LogP contribution in [0.5, 0.6) is 17.2 Å². The summed E-state index contributed by atoms with van der Waals surface area (Å²) in [5.41, 5.74) is 0.984. The molecule has 0 fully saturated rings. The van der Waals surface area contributed by atoms with Gasteiger partial charge in [0.15, 0.2) is 11.5 Å². The molecule has 0 aliphatic rings. The molecule has 0 aliphatic heterocycles. The van der Waals surface area contributed by atoms with Gasteiger partial charge < -0.3 is 19.5 Å². The maximum absolute atomic E-state index is 5.33. The van der Waals surface area contributed by atoms with Gasteiger partial charge in [0.2, 0.25) is 5.75 Å². The predicted molar refractivity (Wildman–Crippen MR) is 78.7 cm³/mol. The van der Waals surface area contributed by atoms with Crippen molar-refractivity contribution in [1.82, 2.24) is 0 Å². The van der Waals surface area contributed by atoms with Crippen LogP contribution in [0.15, 0.2) is 12.1 Å². The molecule has 0 saturated heterocycles. The molecule has 108 valence electrons. The summed E-state index contributed by atoms with van der Waals surface area (Å²) >= 11 is 0. The maximum Gasteiger partial charge on any atom is 0.203 e. The van der Waals surface area contributed by atoms with Gasteiger partial charge in [0.1, 0.15) is 0 Å². The zero-order valence-corrected chi connectivity index (χ0v) is 12.6. The van der Waals surface area contributed by atoms with Crippen LogP contribution in [0, 0.1) is 5.92 Å². The van der Waals surface area contributed by atoms with Gasteiger partial charge in [-0.05, 0) is 12.3 Å². The molecule has 1 aromatic rings. The van der Waals surface area contributed by atoms with Gasteiger partial charge >= 0.3 is 0 Å². The van der Waals surface area contributed by atoms with E-state index in [1.54, 1.807) is 21.3 Å². The standard InChI is InChI=1S/C15H25NO3/c1-6-7-11(2)10-16-12-8-13(17-3)15(19-5)14(9-12)18-4/h8-9,11,16H,6-7,10H2,1-5H3. The largest absolute Gasteiger partial charge is 0.493 e. The first kappa shape index (κ1) is 15.5. The molecule has 4 heteroatoms. The quantitative estimate of drug-likeness (QED) is 0.781. The Kier molecular flexibility index (Phi) is 6.33. The lowest BCUT2D eigenvalue weighted by atomic mass is 10.1. The SMILES string of the molecule is CCCC(C)CNc1cc(OC)c(OC)c(OC)c1. The summed E-state index contributed by atoms with van der Waals surface area (Å²) in [6.07, 6.45) is 2.43. The highest BCUT2D eigenvalue weighted by atomic mass is 16.5. The molecule has 0 bridgehead atoms. The molecule has 0 amide bonds. The van der Waals surface area contributed by atoms with E-state index in [0.29, 0.717) is 23.2 Å². The van der Waals surface area contributed by atoms with E-state index in [9.17, 15) is 0 Å². The van der Waals surface area contributed by atoms with Crippen LogP contribution in [-0.2, 0) is 0 Å². The Hall–Kier alpha value is -1.58. The minimum Gasteiger partial charge on any atom is -0.493 e. The number of benzene rings is 1. The molecular weight excluding hydrogens is 242 g/mol. The lowest BCUT2D eigenvalue weighted by molar-refractivity contribution is 0.324. The molecule has 4 nitrogen and oxygen atoms in total. The normalized spacial score (nSPS) is 11.8. The minimum atomic E-state index is 0.622. The summed E-state index contributed by atoms with van der Waals surface area (Å²) in [6, 6.07) is 3.86. The molecule has 1 rings (SSSR count). The minimum absolute atomic E-state index is 0.622. The third-order valence-corrected chi connectivity index (χ3v) is 3.10. The fourth-order valence-corrected chi connectivity index (χ4v) is 2.07. The molecule has 1 atom stereocenters. The Labute approximate surface area is 116 Å². The zero-order valence-electron chi connectivity index (χ0n) is 12.6. The summed E-state index contributed by atoms with van der Waals surface area (Å²) in [4.78, 5) is 0. The van der Waals surface area contributed by atoms with Gasteiger partial charge in [0.25, 0.3) is 0 Å². The second-order valence-electron chi connectivity index (χ2n) is 4.69. The van der Waals surface area contributed by atoms with Crippen LogP contribution in [0.2, 0.25) is 0 Å². The second kappa shape index (κ2) is 7.77. The summed E-state index contributed by atoms with van der Waals surface area (Å²) in [6.45, 7) is 5.39. The number of hydrogen-bond acceptors (Lipinski definition) is 4. The molecular formula is C15H25NO3. The van der Waals surface area contributed by atoms with Crippen LogP contribution in [0.1, 0.15) is 26.7 Å². The number of nitrogens with one attached hydrogen (secondary N) is 1. The lowest BCUT2D eigenvalue weighted by Gasteiger charge is -2.17. The fourth-order valence-electron chi connectivity index (χ4n) is 2.07. The average Bonchev–Trinajstić information content (AvgIpc) is 2.44. The molecule has 0 radical (unpaired) electrons. The zero-order chi connectivity index (χ0) is 14.3. The van der Waals surface area contributed by atoms with E-state index in [0.717, 1.165) is 12.2 Å². The van der Waals surface area contributed by atoms with Crippen molar-refractivity contribution in [2.45, 2.75) is 26.7 Å². The van der Waals surface area contributed by atoms with Crippen molar-refractivity contribution in [2.75, 3.05) is 33.2 Å². The number of rotatable bonds is 8. The first-order chi connectivity index (χ1) is 9.15. The van der Waals surface area contributed by atoms with E-state index < -0.39 is 0 Å². The Morgan fingerprint density at radius 3 is 2.05 bits per heavy atom. The van der Waals surface area contributed by atoms with E-state index in [4.69, 9.17) is 14.2 Å². The van der Waals surface area contributed by atoms with Crippen molar-refractivity contribution in [3.8, 4) is 17.2 Å². The van der Waals surface area contributed by atoms with Crippen LogP contribution in [0.25, 0.3) is 0 Å². The highest BCUT2D eigenvalue weighted by molar-refractivity contribution is 5.62. The predicted octanol–water partition coefficient (Wildman–Crippen LogP) is 3.56. The molecule has 0 saturated carbocycles. The third-order valence-electron chi connectivity index (χ3n) is 3.10. The van der Waals surface area contributed by atoms with Crippen LogP contribution >= 0.6 is 0 Å². The summed E-state index contributed by atoms with van der Waals surface area (Å²) in [7, 11) is 4.86. The van der Waals surface area contributed by atoms with Crippen LogP contribution in [0.4, 0.5) is 5.69 Å². The molecule has 1 N–H and O–H groups in total. The lowest BCUT2D eigenvalue weighted by Crippen LogP contribution is -2.11. The van der Waals surface area contributed by atoms with Gasteiger partial charge in [0, 0.05) is 24.4 Å². The van der Waals surface area contributed by atoms with Gasteiger partial charge in [0.05, 0.1) is 21.3 Å². The van der Waals surface area contributed by atoms with Crippen LogP contribution < -0.4 is 19.5 Å². The second-order valence-corrected chi connectivity index (χ2v) is 4.69. The van der Waals surface area contributed by atoms with Crippen LogP contribution in [-0.4, -0.2) is 27.9 Å². The number of methoxy groups -OCH3 is 3. The highest BCUT2D eigenvalue weighted by Crippen LogP contribution is 2.39. The number of anilines is 1. The number of ether oxygens (including phenoxy) is 3. The summed E-state index contributed by atoms with van der Waals surface area (Å²) in [5.74, 6) is 2.61. The van der Waals surface area contributed by atoms with Gasteiger partial charge in [-0.3, -0.25) is 0 Å². The molecule has 0 aliphatic carbocycles. The van der Waals surface area contributed by atoms with Gasteiger partial charge in [-0.1, -0.05) is 20.3 Å². The Morgan fingerprint density at radius 2 is 1.63 bits per heavy atom. The van der Waals surface area contributed by atoms with Crippen molar-refractivity contribution in [1.29, 1.82) is 0 Å². The monoisotopic (exact) mass is 267 g/mol. The molecule has 0 spiro atoms. The molecule has 0 aromatic heterocycles. The number of hydrogen-bond donors (Lipinski definition) is 1. The van der Waals surface area contributed by atoms with E-state index >= 15 is 0 Å². The van der Waals surface area contributed by atoms with Gasteiger partial charge in [-0.2, -0.15) is 0 Å². The van der Waals surface area contributed by atoms with Gasteiger partial charge in [-0.25, -0.2) is 0 Å². The molecule has 1 unspecified atom stereocenters. The van der Waals surface area contributed by atoms with Gasteiger partial charge in [-0.15, -0.1) is 0 Å². The Morgan fingerprint density at radius 1 is 1.05 bits per heavy atom. The van der Waals surface area contributed by atoms with Crippen molar-refractivity contribution >= 4 is 5.69 Å². The van der Waals surface area contributed by atoms with E-state index in [1.807, 2.05) is 12.1 Å².